The van der Waals surface area contributed by atoms with Crippen molar-refractivity contribution in [1.29, 1.82) is 0 Å². The Morgan fingerprint density at radius 1 is 1.08 bits per heavy atom. The highest BCUT2D eigenvalue weighted by Gasteiger charge is 2.28. The number of hydrazine groups is 1. The molecule has 0 spiro atoms. The van der Waals surface area contributed by atoms with Crippen LogP contribution in [0.3, 0.4) is 0 Å². The molecular formula is C10H20N2. The van der Waals surface area contributed by atoms with Gasteiger partial charge in [0.05, 0.1) is 0 Å². The third kappa shape index (κ3) is 2.20. The minimum Gasteiger partial charge on any atom is -0.271 e. The summed E-state index contributed by atoms with van der Waals surface area (Å²) < 4.78 is 0. The summed E-state index contributed by atoms with van der Waals surface area (Å²) in [5.41, 5.74) is 2.97. The first-order valence-corrected chi connectivity index (χ1v) is 5.34. The lowest BCUT2D eigenvalue weighted by atomic mass is 9.80. The lowest BCUT2D eigenvalue weighted by molar-refractivity contribution is 0.251. The first-order chi connectivity index (χ1) is 5.88. The summed E-state index contributed by atoms with van der Waals surface area (Å²) in [7, 11) is 0. The van der Waals surface area contributed by atoms with Gasteiger partial charge in [-0.05, 0) is 24.7 Å². The molecule has 0 heterocycles. The fourth-order valence-electron chi connectivity index (χ4n) is 2.12. The van der Waals surface area contributed by atoms with Gasteiger partial charge in [0, 0.05) is 6.04 Å². The average molecular weight is 168 g/mol. The molecule has 2 heteroatoms. The predicted octanol–water partition coefficient (Wildman–Crippen LogP) is 1.81. The standard InChI is InChI=1S/C10H20N2/c11-12-10(7-9-4-5-9)6-8-2-1-3-8/h8-10,12H,1-7,11H2. The number of hydrogen-bond donors (Lipinski definition) is 2. The van der Waals surface area contributed by atoms with Gasteiger partial charge < -0.3 is 0 Å². The van der Waals surface area contributed by atoms with Gasteiger partial charge in [0.2, 0.25) is 0 Å². The summed E-state index contributed by atoms with van der Waals surface area (Å²) in [6.45, 7) is 0. The van der Waals surface area contributed by atoms with E-state index < -0.39 is 0 Å². The molecule has 3 N–H and O–H groups in total. The molecule has 2 nitrogen and oxygen atoms in total. The van der Waals surface area contributed by atoms with Crippen molar-refractivity contribution < 1.29 is 0 Å². The highest BCUT2D eigenvalue weighted by atomic mass is 15.2. The van der Waals surface area contributed by atoms with Gasteiger partial charge in [0.25, 0.3) is 0 Å². The van der Waals surface area contributed by atoms with Crippen molar-refractivity contribution in [2.45, 2.75) is 51.0 Å². The van der Waals surface area contributed by atoms with Gasteiger partial charge in [-0.25, -0.2) is 0 Å². The minimum absolute atomic E-state index is 0.614. The van der Waals surface area contributed by atoms with Crippen LogP contribution in [-0.4, -0.2) is 6.04 Å². The fourth-order valence-corrected chi connectivity index (χ4v) is 2.12. The van der Waals surface area contributed by atoms with Crippen LogP contribution in [0, 0.1) is 11.8 Å². The molecule has 2 fully saturated rings. The van der Waals surface area contributed by atoms with Crippen LogP contribution in [0.25, 0.3) is 0 Å². The smallest absolute Gasteiger partial charge is 0.0215 e. The third-order valence-corrected chi connectivity index (χ3v) is 3.39. The normalized spacial score (nSPS) is 26.8. The molecule has 0 saturated heterocycles. The summed E-state index contributed by atoms with van der Waals surface area (Å²) >= 11 is 0. The van der Waals surface area contributed by atoms with E-state index in [4.69, 9.17) is 5.84 Å². The van der Waals surface area contributed by atoms with Gasteiger partial charge in [-0.1, -0.05) is 32.1 Å². The molecular weight excluding hydrogens is 148 g/mol. The molecule has 0 aromatic heterocycles. The van der Waals surface area contributed by atoms with Gasteiger partial charge in [-0.3, -0.25) is 11.3 Å². The van der Waals surface area contributed by atoms with E-state index in [0.29, 0.717) is 6.04 Å². The van der Waals surface area contributed by atoms with E-state index in [1.165, 1.54) is 44.9 Å². The van der Waals surface area contributed by atoms with Crippen LogP contribution in [0.4, 0.5) is 0 Å². The first-order valence-electron chi connectivity index (χ1n) is 5.34. The van der Waals surface area contributed by atoms with E-state index in [1.54, 1.807) is 0 Å². The summed E-state index contributed by atoms with van der Waals surface area (Å²) in [4.78, 5) is 0. The Morgan fingerprint density at radius 2 is 1.67 bits per heavy atom. The maximum atomic E-state index is 5.53. The number of hydrogen-bond acceptors (Lipinski definition) is 2. The molecule has 1 unspecified atom stereocenters. The van der Waals surface area contributed by atoms with Gasteiger partial charge in [-0.15, -0.1) is 0 Å². The van der Waals surface area contributed by atoms with Crippen LogP contribution in [0.5, 0.6) is 0 Å². The van der Waals surface area contributed by atoms with Crippen molar-refractivity contribution >= 4 is 0 Å². The Bertz CT molecular complexity index is 139. The van der Waals surface area contributed by atoms with Gasteiger partial charge in [-0.2, -0.15) is 0 Å². The van der Waals surface area contributed by atoms with E-state index in [2.05, 4.69) is 5.43 Å². The van der Waals surface area contributed by atoms with Crippen molar-refractivity contribution in [2.75, 3.05) is 0 Å². The third-order valence-electron chi connectivity index (χ3n) is 3.39. The molecule has 12 heavy (non-hydrogen) atoms. The maximum Gasteiger partial charge on any atom is 0.0215 e. The Labute approximate surface area is 74.9 Å². The highest BCUT2D eigenvalue weighted by Crippen LogP contribution is 2.37. The quantitative estimate of drug-likeness (QED) is 0.485. The molecule has 2 aliphatic rings. The maximum absolute atomic E-state index is 5.53. The SMILES string of the molecule is NNC(CC1CCC1)CC1CC1. The van der Waals surface area contributed by atoms with Crippen LogP contribution in [0.15, 0.2) is 0 Å². The Kier molecular flexibility index (Phi) is 2.66. The van der Waals surface area contributed by atoms with E-state index in [0.717, 1.165) is 11.8 Å². The summed E-state index contributed by atoms with van der Waals surface area (Å²) in [5, 5.41) is 0. The molecule has 2 rings (SSSR count). The molecule has 2 aliphatic carbocycles. The Hall–Kier alpha value is -0.0800. The zero-order valence-corrected chi connectivity index (χ0v) is 7.76. The Balaban J connectivity index is 1.65. The minimum atomic E-state index is 0.614. The van der Waals surface area contributed by atoms with Crippen molar-refractivity contribution in [3.8, 4) is 0 Å². The zero-order chi connectivity index (χ0) is 8.39. The molecule has 0 amide bonds. The van der Waals surface area contributed by atoms with Crippen LogP contribution >= 0.6 is 0 Å². The van der Waals surface area contributed by atoms with Gasteiger partial charge in [0.15, 0.2) is 0 Å². The average Bonchev–Trinajstić information content (AvgIpc) is 2.77. The molecule has 0 bridgehead atoms. The van der Waals surface area contributed by atoms with Gasteiger partial charge in [0.1, 0.15) is 0 Å². The van der Waals surface area contributed by atoms with Crippen LogP contribution in [-0.2, 0) is 0 Å². The lowest BCUT2D eigenvalue weighted by Crippen LogP contribution is -2.38. The molecule has 0 aliphatic heterocycles. The number of rotatable bonds is 5. The fraction of sp³-hybridized carbons (Fsp3) is 1.00. The second-order valence-electron chi connectivity index (χ2n) is 4.58. The largest absolute Gasteiger partial charge is 0.271 e. The zero-order valence-electron chi connectivity index (χ0n) is 7.76. The second-order valence-corrected chi connectivity index (χ2v) is 4.58. The van der Waals surface area contributed by atoms with E-state index >= 15 is 0 Å². The second kappa shape index (κ2) is 3.75. The van der Waals surface area contributed by atoms with Crippen LogP contribution < -0.4 is 11.3 Å². The molecule has 0 aromatic carbocycles. The predicted molar refractivity (Wildman–Crippen MR) is 50.4 cm³/mol. The van der Waals surface area contributed by atoms with Crippen molar-refractivity contribution in [1.82, 2.24) is 5.43 Å². The topological polar surface area (TPSA) is 38.0 Å². The molecule has 1 atom stereocenters. The van der Waals surface area contributed by atoms with E-state index in [9.17, 15) is 0 Å². The molecule has 0 radical (unpaired) electrons. The van der Waals surface area contributed by atoms with Gasteiger partial charge >= 0.3 is 0 Å². The molecule has 2 saturated carbocycles. The highest BCUT2D eigenvalue weighted by molar-refractivity contribution is 4.82. The van der Waals surface area contributed by atoms with Crippen molar-refractivity contribution in [3.05, 3.63) is 0 Å². The van der Waals surface area contributed by atoms with E-state index in [1.807, 2.05) is 0 Å². The monoisotopic (exact) mass is 168 g/mol. The summed E-state index contributed by atoms with van der Waals surface area (Å²) in [6, 6.07) is 0.614. The molecule has 0 aromatic rings. The van der Waals surface area contributed by atoms with Crippen LogP contribution in [0.1, 0.15) is 44.9 Å². The summed E-state index contributed by atoms with van der Waals surface area (Å²) in [5.74, 6) is 7.52. The lowest BCUT2D eigenvalue weighted by Gasteiger charge is -2.29. The number of nitrogens with one attached hydrogen (secondary N) is 1. The van der Waals surface area contributed by atoms with Crippen molar-refractivity contribution in [2.24, 2.45) is 17.7 Å². The molecule has 70 valence electrons. The summed E-state index contributed by atoms with van der Waals surface area (Å²) in [6.07, 6.45) is 9.89. The number of nitrogens with two attached hydrogens (primary N) is 1. The van der Waals surface area contributed by atoms with Crippen LogP contribution in [0.2, 0.25) is 0 Å². The van der Waals surface area contributed by atoms with Crippen molar-refractivity contribution in [3.63, 3.8) is 0 Å². The first kappa shape index (κ1) is 8.52. The Morgan fingerprint density at radius 3 is 2.00 bits per heavy atom. The van der Waals surface area contributed by atoms with E-state index in [-0.39, 0.29) is 0 Å².